The molecule has 4 heteroatoms. The van der Waals surface area contributed by atoms with Gasteiger partial charge in [-0.25, -0.2) is 0 Å². The summed E-state index contributed by atoms with van der Waals surface area (Å²) >= 11 is 0. The number of esters is 1. The normalized spacial score (nSPS) is 23.7. The van der Waals surface area contributed by atoms with Crippen LogP contribution in [-0.4, -0.2) is 26.7 Å². The van der Waals surface area contributed by atoms with Crippen molar-refractivity contribution in [3.05, 3.63) is 0 Å². The van der Waals surface area contributed by atoms with Gasteiger partial charge in [-0.3, -0.25) is 9.59 Å². The van der Waals surface area contributed by atoms with Gasteiger partial charge in [-0.15, -0.1) is 0 Å². The fourth-order valence-electron chi connectivity index (χ4n) is 1.97. The summed E-state index contributed by atoms with van der Waals surface area (Å²) in [4.78, 5) is 20.1. The van der Waals surface area contributed by atoms with Gasteiger partial charge in [0.05, 0.1) is 20.1 Å². The van der Waals surface area contributed by atoms with Gasteiger partial charge in [0, 0.05) is 0 Å². The summed E-state index contributed by atoms with van der Waals surface area (Å²) in [5, 5.41) is 0. The Bertz CT molecular complexity index is 195. The van der Waals surface area contributed by atoms with E-state index in [1.54, 1.807) is 0 Å². The lowest BCUT2D eigenvalue weighted by atomic mass is 9.81. The van der Waals surface area contributed by atoms with E-state index < -0.39 is 0 Å². The second-order valence-corrected chi connectivity index (χ2v) is 3.98. The first-order valence-corrected chi connectivity index (χ1v) is 5.73. The fourth-order valence-corrected chi connectivity index (χ4v) is 1.97. The average Bonchev–Trinajstić information content (AvgIpc) is 2.38. The van der Waals surface area contributed by atoms with Crippen LogP contribution in [0.3, 0.4) is 0 Å². The molecule has 0 radical (unpaired) electrons. The molecule has 0 amide bonds. The van der Waals surface area contributed by atoms with E-state index >= 15 is 0 Å². The topological polar surface area (TPSA) is 52.6 Å². The first-order valence-electron chi connectivity index (χ1n) is 5.73. The van der Waals surface area contributed by atoms with Crippen LogP contribution in [0.5, 0.6) is 0 Å². The Balaban J connectivity index is 0.000000487. The van der Waals surface area contributed by atoms with Crippen molar-refractivity contribution in [2.75, 3.05) is 14.2 Å². The van der Waals surface area contributed by atoms with E-state index in [2.05, 4.69) is 11.7 Å². The molecule has 0 aliphatic heterocycles. The molecule has 94 valence electrons. The van der Waals surface area contributed by atoms with Crippen molar-refractivity contribution in [2.45, 2.75) is 39.0 Å². The third kappa shape index (κ3) is 5.73. The first kappa shape index (κ1) is 14.9. The maximum atomic E-state index is 11.1. The summed E-state index contributed by atoms with van der Waals surface area (Å²) in [7, 11) is 2.79. The van der Waals surface area contributed by atoms with Crippen molar-refractivity contribution in [3.63, 3.8) is 0 Å². The molecule has 1 fully saturated rings. The van der Waals surface area contributed by atoms with Crippen LogP contribution in [0.2, 0.25) is 0 Å². The zero-order valence-corrected chi connectivity index (χ0v) is 10.4. The lowest BCUT2D eigenvalue weighted by Crippen LogP contribution is -2.22. The van der Waals surface area contributed by atoms with Crippen LogP contribution in [0.1, 0.15) is 39.0 Å². The van der Waals surface area contributed by atoms with E-state index in [-0.39, 0.29) is 11.9 Å². The van der Waals surface area contributed by atoms with Gasteiger partial charge in [0.15, 0.2) is 0 Å². The second kappa shape index (κ2) is 9.19. The van der Waals surface area contributed by atoms with Crippen molar-refractivity contribution in [3.8, 4) is 0 Å². The van der Waals surface area contributed by atoms with Crippen LogP contribution in [0.25, 0.3) is 0 Å². The third-order valence-electron chi connectivity index (χ3n) is 3.05. The lowest BCUT2D eigenvalue weighted by Gasteiger charge is -2.25. The number of hydrogen-bond donors (Lipinski definition) is 0. The molecular weight excluding hydrogens is 208 g/mol. The Labute approximate surface area is 97.3 Å². The van der Waals surface area contributed by atoms with Crippen LogP contribution < -0.4 is 0 Å². The van der Waals surface area contributed by atoms with Crippen molar-refractivity contribution < 1.29 is 19.1 Å². The van der Waals surface area contributed by atoms with Gasteiger partial charge in [0.1, 0.15) is 0 Å². The minimum Gasteiger partial charge on any atom is -0.471 e. The Hall–Kier alpha value is -1.06. The summed E-state index contributed by atoms with van der Waals surface area (Å²) in [6.07, 6.45) is 5.73. The van der Waals surface area contributed by atoms with E-state index in [0.29, 0.717) is 6.47 Å². The van der Waals surface area contributed by atoms with E-state index in [4.69, 9.17) is 9.53 Å². The molecule has 1 aliphatic rings. The molecule has 16 heavy (non-hydrogen) atoms. The van der Waals surface area contributed by atoms with Gasteiger partial charge in [-0.05, 0) is 31.6 Å². The Morgan fingerprint density at radius 3 is 2.06 bits per heavy atom. The summed E-state index contributed by atoms with van der Waals surface area (Å²) in [6, 6.07) is 0. The van der Waals surface area contributed by atoms with Crippen LogP contribution in [-0.2, 0) is 19.1 Å². The zero-order chi connectivity index (χ0) is 12.4. The number of rotatable bonds is 3. The molecular formula is C12H22O4. The van der Waals surface area contributed by atoms with Crippen LogP contribution in [0.4, 0.5) is 0 Å². The lowest BCUT2D eigenvalue weighted by molar-refractivity contribution is -0.146. The van der Waals surface area contributed by atoms with Crippen LogP contribution in [0.15, 0.2) is 0 Å². The molecule has 4 nitrogen and oxygen atoms in total. The van der Waals surface area contributed by atoms with Crippen molar-refractivity contribution in [1.82, 2.24) is 0 Å². The van der Waals surface area contributed by atoms with Crippen molar-refractivity contribution in [2.24, 2.45) is 11.8 Å². The molecule has 1 saturated carbocycles. The van der Waals surface area contributed by atoms with Gasteiger partial charge >= 0.3 is 5.97 Å². The highest BCUT2D eigenvalue weighted by Crippen LogP contribution is 2.30. The van der Waals surface area contributed by atoms with Crippen molar-refractivity contribution in [1.29, 1.82) is 0 Å². The predicted molar refractivity (Wildman–Crippen MR) is 60.8 cm³/mol. The molecule has 1 aliphatic carbocycles. The number of hydrogen-bond acceptors (Lipinski definition) is 4. The molecule has 1 rings (SSSR count). The molecule has 0 N–H and O–H groups in total. The predicted octanol–water partition coefficient (Wildman–Crippen LogP) is 2.17. The molecule has 0 saturated heterocycles. The molecule has 0 aromatic carbocycles. The molecule has 0 aromatic rings. The second-order valence-electron chi connectivity index (χ2n) is 3.98. The monoisotopic (exact) mass is 230 g/mol. The minimum absolute atomic E-state index is 0.00967. The van der Waals surface area contributed by atoms with Crippen LogP contribution in [0, 0.1) is 11.8 Å². The maximum Gasteiger partial charge on any atom is 0.308 e. The summed E-state index contributed by atoms with van der Waals surface area (Å²) in [6.45, 7) is 2.60. The molecule has 0 aromatic heterocycles. The number of methoxy groups -OCH3 is 2. The minimum atomic E-state index is -0.00967. The van der Waals surface area contributed by atoms with Crippen molar-refractivity contribution >= 4 is 12.4 Å². The summed E-state index contributed by atoms with van der Waals surface area (Å²) in [5.41, 5.74) is 0. The van der Waals surface area contributed by atoms with Gasteiger partial charge in [0.25, 0.3) is 6.47 Å². The third-order valence-corrected chi connectivity index (χ3v) is 3.05. The largest absolute Gasteiger partial charge is 0.471 e. The Kier molecular flexibility index (Phi) is 8.58. The Morgan fingerprint density at radius 1 is 1.25 bits per heavy atom. The van der Waals surface area contributed by atoms with Gasteiger partial charge in [-0.2, -0.15) is 0 Å². The molecule has 0 atom stereocenters. The highest BCUT2D eigenvalue weighted by molar-refractivity contribution is 5.72. The number of ether oxygens (including phenoxy) is 2. The summed E-state index contributed by atoms with van der Waals surface area (Å²) < 4.78 is 8.58. The standard InChI is InChI=1S/C10H18O2.C2H4O2/c1-3-8-4-6-9(7-5-8)10(11)12-2;1-4-2-3/h8-9H,3-7H2,1-2H3;2H,1H3. The van der Waals surface area contributed by atoms with Gasteiger partial charge in [-0.1, -0.05) is 13.3 Å². The van der Waals surface area contributed by atoms with E-state index in [9.17, 15) is 4.79 Å². The van der Waals surface area contributed by atoms with Gasteiger partial charge in [0.2, 0.25) is 0 Å². The SMILES string of the molecule is CCC1CCC(C(=O)OC)CC1.COC=O. The average molecular weight is 230 g/mol. The molecule has 0 unspecified atom stereocenters. The number of carbonyl (C=O) groups is 2. The quantitative estimate of drug-likeness (QED) is 0.550. The van der Waals surface area contributed by atoms with Crippen LogP contribution >= 0.6 is 0 Å². The number of carbonyl (C=O) groups excluding carboxylic acids is 2. The molecule has 0 heterocycles. The highest BCUT2D eigenvalue weighted by atomic mass is 16.5. The Morgan fingerprint density at radius 2 is 1.75 bits per heavy atom. The maximum absolute atomic E-state index is 11.1. The molecule has 0 spiro atoms. The highest BCUT2D eigenvalue weighted by Gasteiger charge is 2.25. The molecule has 0 bridgehead atoms. The van der Waals surface area contributed by atoms with E-state index in [1.807, 2.05) is 0 Å². The van der Waals surface area contributed by atoms with E-state index in [1.165, 1.54) is 33.5 Å². The smallest absolute Gasteiger partial charge is 0.308 e. The van der Waals surface area contributed by atoms with E-state index in [0.717, 1.165) is 18.8 Å². The zero-order valence-electron chi connectivity index (χ0n) is 10.4. The van der Waals surface area contributed by atoms with Gasteiger partial charge < -0.3 is 9.47 Å². The fraction of sp³-hybridized carbons (Fsp3) is 0.833. The first-order chi connectivity index (χ1) is 7.69. The summed E-state index contributed by atoms with van der Waals surface area (Å²) in [5.74, 6) is 1.04.